The number of likely N-dealkylation sites (N-methyl/N-ethyl adjacent to an activating group) is 1. The number of hydrogen-bond donors (Lipinski definition) is 2. The lowest BCUT2D eigenvalue weighted by Gasteiger charge is -2.27. The average molecular weight is 345 g/mol. The summed E-state index contributed by atoms with van der Waals surface area (Å²) in [5.74, 6) is -0.143. The van der Waals surface area contributed by atoms with Gasteiger partial charge in [0.15, 0.2) is 5.78 Å². The van der Waals surface area contributed by atoms with E-state index in [2.05, 4.69) is 15.8 Å². The largest absolute Gasteiger partial charge is 0.317 e. The fourth-order valence-electron chi connectivity index (χ4n) is 2.92. The molecule has 2 aromatic carbocycles. The second kappa shape index (κ2) is 6.68. The van der Waals surface area contributed by atoms with Crippen LogP contribution < -0.4 is 5.48 Å². The van der Waals surface area contributed by atoms with Gasteiger partial charge in [0.2, 0.25) is 0 Å². The minimum atomic E-state index is -0.853. The summed E-state index contributed by atoms with van der Waals surface area (Å²) in [5.41, 5.74) is 3.01. The molecule has 0 amide bonds. The van der Waals surface area contributed by atoms with Crippen molar-refractivity contribution in [1.82, 2.24) is 10.5 Å². The third kappa shape index (κ3) is 3.03. The van der Waals surface area contributed by atoms with Crippen molar-refractivity contribution in [2.24, 2.45) is 10.3 Å². The number of benzene rings is 2. The van der Waals surface area contributed by atoms with Crippen LogP contribution in [0, 0.1) is 0 Å². The quantitative estimate of drug-likeness (QED) is 0.645. The third-order valence-electron chi connectivity index (χ3n) is 4.01. The van der Waals surface area contributed by atoms with Crippen LogP contribution in [-0.2, 0) is 5.54 Å². The first kappa shape index (κ1) is 16.6. The van der Waals surface area contributed by atoms with Gasteiger partial charge in [0.25, 0.3) is 0 Å². The van der Waals surface area contributed by atoms with E-state index in [1.54, 1.807) is 42.4 Å². The molecule has 0 radical (unpaired) electrons. The van der Waals surface area contributed by atoms with Crippen LogP contribution in [0.25, 0.3) is 0 Å². The molecule has 1 heterocycles. The molecule has 0 fully saturated rings. The van der Waals surface area contributed by atoms with Gasteiger partial charge in [-0.25, -0.2) is 5.48 Å². The SMILES string of the molecule is CN1CC(CNO)(c2ccc(Cl)cc2C(=O)c2ccccc2)N=N1. The molecule has 0 bridgehead atoms. The van der Waals surface area contributed by atoms with E-state index < -0.39 is 5.54 Å². The zero-order valence-electron chi connectivity index (χ0n) is 13.1. The van der Waals surface area contributed by atoms with Crippen molar-refractivity contribution in [3.8, 4) is 0 Å². The maximum atomic E-state index is 13.0. The molecule has 0 saturated carbocycles. The molecule has 1 atom stereocenters. The van der Waals surface area contributed by atoms with Crippen molar-refractivity contribution in [3.05, 3.63) is 70.2 Å². The normalized spacial score (nSPS) is 19.7. The highest BCUT2D eigenvalue weighted by Crippen LogP contribution is 2.35. The summed E-state index contributed by atoms with van der Waals surface area (Å²) in [5, 5.41) is 19.7. The van der Waals surface area contributed by atoms with E-state index >= 15 is 0 Å². The molecule has 1 unspecified atom stereocenters. The van der Waals surface area contributed by atoms with Crippen LogP contribution in [0.1, 0.15) is 21.5 Å². The highest BCUT2D eigenvalue weighted by molar-refractivity contribution is 6.31. The lowest BCUT2D eigenvalue weighted by Crippen LogP contribution is -2.40. The minimum Gasteiger partial charge on any atom is -0.317 e. The number of hydrogen-bond acceptors (Lipinski definition) is 6. The van der Waals surface area contributed by atoms with Crippen LogP contribution >= 0.6 is 11.6 Å². The monoisotopic (exact) mass is 344 g/mol. The molecule has 2 N–H and O–H groups in total. The van der Waals surface area contributed by atoms with Gasteiger partial charge in [-0.2, -0.15) is 5.11 Å². The Morgan fingerprint density at radius 3 is 2.71 bits per heavy atom. The lowest BCUT2D eigenvalue weighted by molar-refractivity contribution is 0.103. The first-order chi connectivity index (χ1) is 11.6. The molecule has 3 rings (SSSR count). The standard InChI is InChI=1S/C17H17ClN4O2/c1-22-11-17(10-19-24,20-21-22)15-8-7-13(18)9-14(15)16(23)12-5-3-2-4-6-12/h2-9,19,24H,10-11H2,1H3. The van der Waals surface area contributed by atoms with E-state index in [0.29, 0.717) is 28.3 Å². The molecular formula is C17H17ClN4O2. The summed E-state index contributed by atoms with van der Waals surface area (Å²) in [7, 11) is 1.79. The first-order valence-electron chi connectivity index (χ1n) is 7.46. The maximum absolute atomic E-state index is 13.0. The fraction of sp³-hybridized carbons (Fsp3) is 0.235. The Bertz CT molecular complexity index is 781. The van der Waals surface area contributed by atoms with Gasteiger partial charge in [-0.05, 0) is 17.7 Å². The topological polar surface area (TPSA) is 77.3 Å². The van der Waals surface area contributed by atoms with Crippen LogP contribution in [-0.4, -0.2) is 36.1 Å². The number of nitrogens with zero attached hydrogens (tertiary/aromatic N) is 3. The number of nitrogens with one attached hydrogen (secondary N) is 1. The van der Waals surface area contributed by atoms with Gasteiger partial charge >= 0.3 is 0 Å². The van der Waals surface area contributed by atoms with Gasteiger partial charge < -0.3 is 5.21 Å². The van der Waals surface area contributed by atoms with Gasteiger partial charge in [-0.3, -0.25) is 9.80 Å². The fourth-order valence-corrected chi connectivity index (χ4v) is 3.09. The van der Waals surface area contributed by atoms with Crippen LogP contribution in [0.5, 0.6) is 0 Å². The second-order valence-corrected chi connectivity index (χ2v) is 6.19. The molecule has 0 saturated heterocycles. The molecule has 7 heteroatoms. The minimum absolute atomic E-state index is 0.136. The van der Waals surface area contributed by atoms with E-state index in [1.165, 1.54) is 0 Å². The number of carbonyl (C=O) groups excluding carboxylic acids is 1. The number of ketones is 1. The van der Waals surface area contributed by atoms with Crippen molar-refractivity contribution in [3.63, 3.8) is 0 Å². The summed E-state index contributed by atoms with van der Waals surface area (Å²) < 4.78 is 0. The molecule has 0 spiro atoms. The Morgan fingerprint density at radius 1 is 1.33 bits per heavy atom. The highest BCUT2D eigenvalue weighted by Gasteiger charge is 2.40. The predicted octanol–water partition coefficient (Wildman–Crippen LogP) is 3.06. The van der Waals surface area contributed by atoms with E-state index in [9.17, 15) is 10.0 Å². The van der Waals surface area contributed by atoms with Crippen molar-refractivity contribution in [1.29, 1.82) is 0 Å². The van der Waals surface area contributed by atoms with Crippen molar-refractivity contribution < 1.29 is 10.0 Å². The van der Waals surface area contributed by atoms with E-state index in [1.807, 2.05) is 18.2 Å². The molecule has 6 nitrogen and oxygen atoms in total. The van der Waals surface area contributed by atoms with Crippen LogP contribution in [0.2, 0.25) is 5.02 Å². The average Bonchev–Trinajstić information content (AvgIpc) is 2.97. The van der Waals surface area contributed by atoms with Crippen molar-refractivity contribution in [2.75, 3.05) is 20.1 Å². The summed E-state index contributed by atoms with van der Waals surface area (Å²) in [4.78, 5) is 13.0. The van der Waals surface area contributed by atoms with Crippen molar-refractivity contribution >= 4 is 17.4 Å². The van der Waals surface area contributed by atoms with Crippen molar-refractivity contribution in [2.45, 2.75) is 5.54 Å². The molecule has 0 aliphatic carbocycles. The van der Waals surface area contributed by atoms with Gasteiger partial charge in [0.1, 0.15) is 5.54 Å². The number of carbonyl (C=O) groups is 1. The predicted molar refractivity (Wildman–Crippen MR) is 90.3 cm³/mol. The summed E-state index contributed by atoms with van der Waals surface area (Å²) in [6.45, 7) is 0.578. The third-order valence-corrected chi connectivity index (χ3v) is 4.25. The van der Waals surface area contributed by atoms with Gasteiger partial charge in [-0.15, -0.1) is 0 Å². The summed E-state index contributed by atoms with van der Waals surface area (Å²) >= 11 is 6.12. The van der Waals surface area contributed by atoms with Gasteiger partial charge in [0.05, 0.1) is 13.1 Å². The van der Waals surface area contributed by atoms with E-state index in [4.69, 9.17) is 11.6 Å². The number of rotatable bonds is 5. The summed E-state index contributed by atoms with van der Waals surface area (Å²) in [6, 6.07) is 14.1. The highest BCUT2D eigenvalue weighted by atomic mass is 35.5. The molecule has 0 aromatic heterocycles. The second-order valence-electron chi connectivity index (χ2n) is 5.76. The first-order valence-corrected chi connectivity index (χ1v) is 7.84. The molecule has 24 heavy (non-hydrogen) atoms. The lowest BCUT2D eigenvalue weighted by atomic mass is 9.84. The van der Waals surface area contributed by atoms with Gasteiger partial charge in [-0.1, -0.05) is 53.2 Å². The Hall–Kier alpha value is -2.28. The Kier molecular flexibility index (Phi) is 4.62. The van der Waals surface area contributed by atoms with E-state index in [0.717, 1.165) is 0 Å². The molecular weight excluding hydrogens is 328 g/mol. The maximum Gasteiger partial charge on any atom is 0.193 e. The Labute approximate surface area is 144 Å². The molecule has 1 aliphatic rings. The Balaban J connectivity index is 2.12. The Morgan fingerprint density at radius 2 is 2.08 bits per heavy atom. The molecule has 124 valence electrons. The van der Waals surface area contributed by atoms with Crippen LogP contribution in [0.3, 0.4) is 0 Å². The smallest absolute Gasteiger partial charge is 0.193 e. The zero-order chi connectivity index (χ0) is 17.2. The molecule has 2 aromatic rings. The summed E-state index contributed by atoms with van der Waals surface area (Å²) in [6.07, 6.45) is 0. The zero-order valence-corrected chi connectivity index (χ0v) is 13.9. The van der Waals surface area contributed by atoms with Crippen LogP contribution in [0.4, 0.5) is 0 Å². The van der Waals surface area contributed by atoms with Gasteiger partial charge in [0, 0.05) is 23.2 Å². The van der Waals surface area contributed by atoms with Crippen LogP contribution in [0.15, 0.2) is 58.9 Å². The number of hydroxylamine groups is 1. The number of halogens is 1. The molecule has 1 aliphatic heterocycles. The van der Waals surface area contributed by atoms with E-state index in [-0.39, 0.29) is 12.3 Å².